The normalized spacial score (nSPS) is 14.4. The van der Waals surface area contributed by atoms with Gasteiger partial charge in [0.1, 0.15) is 0 Å². The zero-order chi connectivity index (χ0) is 14.1. The summed E-state index contributed by atoms with van der Waals surface area (Å²) in [6, 6.07) is 2.39. The van der Waals surface area contributed by atoms with E-state index in [9.17, 15) is 30.7 Å². The fourth-order valence-corrected chi connectivity index (χ4v) is 1.28. The van der Waals surface area contributed by atoms with Gasteiger partial charge in [-0.3, -0.25) is 0 Å². The lowest BCUT2D eigenvalue weighted by Gasteiger charge is -2.23. The van der Waals surface area contributed by atoms with Crippen molar-refractivity contribution in [1.29, 1.82) is 0 Å². The summed E-state index contributed by atoms with van der Waals surface area (Å²) in [6.07, 6.45) is -15.6. The van der Waals surface area contributed by atoms with Crippen LogP contribution < -0.4 is 4.74 Å². The minimum absolute atomic E-state index is 0.156. The Morgan fingerprint density at radius 1 is 1.11 bits per heavy atom. The summed E-state index contributed by atoms with van der Waals surface area (Å²) in [5, 5.41) is 0. The lowest BCUT2D eigenvalue weighted by molar-refractivity contribution is -0.305. The van der Waals surface area contributed by atoms with Crippen molar-refractivity contribution in [3.05, 3.63) is 28.5 Å². The highest BCUT2D eigenvalue weighted by molar-refractivity contribution is 9.10. The van der Waals surface area contributed by atoms with Crippen LogP contribution in [-0.4, -0.2) is 18.5 Å². The minimum Gasteiger partial charge on any atom is -0.427 e. The molecule has 0 radical (unpaired) electrons. The van der Waals surface area contributed by atoms with E-state index in [2.05, 4.69) is 20.7 Å². The fraction of sp³-hybridized carbons (Fsp3) is 0.333. The highest BCUT2D eigenvalue weighted by atomic mass is 79.9. The Morgan fingerprint density at radius 3 is 2.11 bits per heavy atom. The van der Waals surface area contributed by atoms with Crippen LogP contribution in [0.25, 0.3) is 0 Å². The highest BCUT2D eigenvalue weighted by Crippen LogP contribution is 2.37. The van der Waals surface area contributed by atoms with E-state index in [0.717, 1.165) is 6.07 Å². The van der Waals surface area contributed by atoms with Gasteiger partial charge in [-0.1, -0.05) is 15.9 Å². The molecule has 0 aliphatic heterocycles. The SMILES string of the molecule is Fc1cc(Br)ccc1OC(F)(F)C(F)C(F)(F)F. The molecule has 0 bridgehead atoms. The molecule has 1 nitrogen and oxygen atoms in total. The summed E-state index contributed by atoms with van der Waals surface area (Å²) >= 11 is 2.80. The Balaban J connectivity index is 2.95. The van der Waals surface area contributed by atoms with E-state index in [1.54, 1.807) is 0 Å². The van der Waals surface area contributed by atoms with Crippen LogP contribution >= 0.6 is 15.9 Å². The van der Waals surface area contributed by atoms with E-state index in [4.69, 9.17) is 0 Å². The molecule has 1 atom stereocenters. The predicted molar refractivity (Wildman–Crippen MR) is 50.6 cm³/mol. The maximum Gasteiger partial charge on any atom is 0.439 e. The molecule has 0 fully saturated rings. The Bertz CT molecular complexity index is 431. The van der Waals surface area contributed by atoms with Crippen LogP contribution in [0.1, 0.15) is 0 Å². The van der Waals surface area contributed by atoms with Gasteiger partial charge in [0.05, 0.1) is 0 Å². The number of rotatable bonds is 3. The standard InChI is InChI=1S/C9H4BrF7O/c10-4-1-2-6(5(11)3-4)18-9(16,17)7(12)8(13,14)15/h1-3,7H. The van der Waals surface area contributed by atoms with Gasteiger partial charge in [0, 0.05) is 4.47 Å². The Labute approximate surface area is 105 Å². The molecule has 1 unspecified atom stereocenters. The summed E-state index contributed by atoms with van der Waals surface area (Å²) in [5.74, 6) is -2.53. The molecule has 0 amide bonds. The van der Waals surface area contributed by atoms with E-state index < -0.39 is 30.0 Å². The summed E-state index contributed by atoms with van der Waals surface area (Å²) in [4.78, 5) is 0. The third-order valence-corrected chi connectivity index (χ3v) is 2.22. The molecule has 0 aromatic heterocycles. The molecule has 0 aliphatic carbocycles. The first-order chi connectivity index (χ1) is 8.04. The quantitative estimate of drug-likeness (QED) is 0.738. The molecule has 0 spiro atoms. The number of hydrogen-bond donors (Lipinski definition) is 0. The summed E-state index contributed by atoms with van der Waals surface area (Å²) < 4.78 is 90.0. The molecule has 0 heterocycles. The zero-order valence-electron chi connectivity index (χ0n) is 8.24. The topological polar surface area (TPSA) is 9.23 Å². The van der Waals surface area contributed by atoms with E-state index in [1.807, 2.05) is 0 Å². The average molecular weight is 341 g/mol. The second kappa shape index (κ2) is 4.94. The average Bonchev–Trinajstić information content (AvgIpc) is 2.20. The third-order valence-electron chi connectivity index (χ3n) is 1.72. The number of ether oxygens (including phenoxy) is 1. The Hall–Kier alpha value is -0.990. The predicted octanol–water partition coefficient (Wildman–Crippen LogP) is 4.46. The van der Waals surface area contributed by atoms with Gasteiger partial charge in [0.15, 0.2) is 11.6 Å². The third kappa shape index (κ3) is 3.50. The van der Waals surface area contributed by atoms with Crippen LogP contribution in [0.3, 0.4) is 0 Å². The molecule has 1 aromatic carbocycles. The summed E-state index contributed by atoms with van der Waals surface area (Å²) in [5.41, 5.74) is 0. The van der Waals surface area contributed by atoms with E-state index in [-0.39, 0.29) is 4.47 Å². The molecule has 0 saturated heterocycles. The first-order valence-corrected chi connectivity index (χ1v) is 5.06. The Kier molecular flexibility index (Phi) is 4.14. The first kappa shape index (κ1) is 15.1. The molecule has 0 N–H and O–H groups in total. The van der Waals surface area contributed by atoms with Crippen LogP contribution in [0.2, 0.25) is 0 Å². The lowest BCUT2D eigenvalue weighted by atomic mass is 10.3. The van der Waals surface area contributed by atoms with Gasteiger partial charge >= 0.3 is 12.3 Å². The smallest absolute Gasteiger partial charge is 0.427 e. The van der Waals surface area contributed by atoms with Crippen LogP contribution in [0.15, 0.2) is 22.7 Å². The maximum atomic E-state index is 13.0. The zero-order valence-corrected chi connectivity index (χ0v) is 9.83. The summed E-state index contributed by atoms with van der Waals surface area (Å²) in [6.45, 7) is 0. The molecular weight excluding hydrogens is 337 g/mol. The minimum atomic E-state index is -5.81. The van der Waals surface area contributed by atoms with Crippen molar-refractivity contribution >= 4 is 15.9 Å². The molecular formula is C9H4BrF7O. The van der Waals surface area contributed by atoms with Crippen molar-refractivity contribution in [1.82, 2.24) is 0 Å². The highest BCUT2D eigenvalue weighted by Gasteiger charge is 2.59. The first-order valence-electron chi connectivity index (χ1n) is 4.26. The maximum absolute atomic E-state index is 13.0. The largest absolute Gasteiger partial charge is 0.439 e. The van der Waals surface area contributed by atoms with E-state index >= 15 is 0 Å². The van der Waals surface area contributed by atoms with Gasteiger partial charge in [-0.2, -0.15) is 22.0 Å². The van der Waals surface area contributed by atoms with Gasteiger partial charge < -0.3 is 4.74 Å². The number of alkyl halides is 6. The molecule has 0 aliphatic rings. The van der Waals surface area contributed by atoms with Gasteiger partial charge in [-0.15, -0.1) is 0 Å². The molecule has 1 rings (SSSR count). The monoisotopic (exact) mass is 340 g/mol. The second-order valence-corrected chi connectivity index (χ2v) is 4.06. The van der Waals surface area contributed by atoms with Gasteiger partial charge in [-0.05, 0) is 18.2 Å². The van der Waals surface area contributed by atoms with Crippen molar-refractivity contribution < 1.29 is 35.5 Å². The van der Waals surface area contributed by atoms with E-state index in [1.165, 1.54) is 0 Å². The molecule has 9 heteroatoms. The number of hydrogen-bond acceptors (Lipinski definition) is 1. The number of halogens is 8. The van der Waals surface area contributed by atoms with Crippen molar-refractivity contribution in [2.45, 2.75) is 18.5 Å². The van der Waals surface area contributed by atoms with Crippen LogP contribution in [0.5, 0.6) is 5.75 Å². The van der Waals surface area contributed by atoms with Gasteiger partial charge in [0.25, 0.3) is 6.17 Å². The van der Waals surface area contributed by atoms with Crippen molar-refractivity contribution in [2.24, 2.45) is 0 Å². The van der Waals surface area contributed by atoms with Gasteiger partial charge in [0.2, 0.25) is 0 Å². The van der Waals surface area contributed by atoms with E-state index in [0.29, 0.717) is 12.1 Å². The fourth-order valence-electron chi connectivity index (χ4n) is 0.947. The van der Waals surface area contributed by atoms with Crippen LogP contribution in [-0.2, 0) is 0 Å². The van der Waals surface area contributed by atoms with Crippen molar-refractivity contribution in [3.8, 4) is 5.75 Å². The van der Waals surface area contributed by atoms with Crippen LogP contribution in [0, 0.1) is 5.82 Å². The van der Waals surface area contributed by atoms with Crippen molar-refractivity contribution in [3.63, 3.8) is 0 Å². The number of benzene rings is 1. The molecule has 0 saturated carbocycles. The Morgan fingerprint density at radius 2 is 1.67 bits per heavy atom. The molecule has 18 heavy (non-hydrogen) atoms. The van der Waals surface area contributed by atoms with Crippen LogP contribution in [0.4, 0.5) is 30.7 Å². The second-order valence-electron chi connectivity index (χ2n) is 3.14. The lowest BCUT2D eigenvalue weighted by Crippen LogP contribution is -2.45. The van der Waals surface area contributed by atoms with Gasteiger partial charge in [-0.25, -0.2) is 8.78 Å². The molecule has 1 aromatic rings. The van der Waals surface area contributed by atoms with Crippen molar-refractivity contribution in [2.75, 3.05) is 0 Å². The molecule has 102 valence electrons. The summed E-state index contributed by atoms with van der Waals surface area (Å²) in [7, 11) is 0.